The summed E-state index contributed by atoms with van der Waals surface area (Å²) in [6, 6.07) is 21.7. The van der Waals surface area contributed by atoms with Crippen LogP contribution in [0.3, 0.4) is 0 Å². The van der Waals surface area contributed by atoms with Crippen LogP contribution in [-0.4, -0.2) is 29.0 Å². The SMILES string of the molecule is CC(C)C(NC(=O)C(c1ccccc1)c1ccccc1)C(=O)N/N=C/c1cc([N+](=O)[O-])ccc1Cl. The number of nitrogens with zero attached hydrogens (tertiary/aromatic N) is 2. The van der Waals surface area contributed by atoms with Gasteiger partial charge >= 0.3 is 0 Å². The van der Waals surface area contributed by atoms with E-state index in [2.05, 4.69) is 15.8 Å². The van der Waals surface area contributed by atoms with E-state index in [1.807, 2.05) is 74.5 Å². The van der Waals surface area contributed by atoms with Crippen LogP contribution in [0, 0.1) is 16.0 Å². The van der Waals surface area contributed by atoms with E-state index in [0.717, 1.165) is 11.1 Å². The number of hydrogen-bond acceptors (Lipinski definition) is 5. The van der Waals surface area contributed by atoms with E-state index in [0.29, 0.717) is 0 Å². The second-order valence-corrected chi connectivity index (χ2v) is 8.59. The highest BCUT2D eigenvalue weighted by Crippen LogP contribution is 2.25. The topological polar surface area (TPSA) is 114 Å². The summed E-state index contributed by atoms with van der Waals surface area (Å²) in [5, 5.41) is 18.0. The van der Waals surface area contributed by atoms with Gasteiger partial charge in [-0.2, -0.15) is 5.10 Å². The zero-order chi connectivity index (χ0) is 25.4. The molecule has 3 aromatic carbocycles. The molecule has 0 saturated heterocycles. The first kappa shape index (κ1) is 25.6. The number of nitrogens with one attached hydrogen (secondary N) is 2. The fourth-order valence-electron chi connectivity index (χ4n) is 3.54. The Hall–Kier alpha value is -4.04. The molecule has 3 aromatic rings. The summed E-state index contributed by atoms with van der Waals surface area (Å²) in [5.74, 6) is -1.67. The number of hydrogen-bond donors (Lipinski definition) is 2. The van der Waals surface area contributed by atoms with Crippen molar-refractivity contribution in [2.45, 2.75) is 25.8 Å². The summed E-state index contributed by atoms with van der Waals surface area (Å²) < 4.78 is 0. The first-order valence-corrected chi connectivity index (χ1v) is 11.3. The lowest BCUT2D eigenvalue weighted by atomic mass is 9.89. The van der Waals surface area contributed by atoms with Gasteiger partial charge in [0.1, 0.15) is 6.04 Å². The summed E-state index contributed by atoms with van der Waals surface area (Å²) in [6.07, 6.45) is 1.23. The Bertz CT molecular complexity index is 1180. The van der Waals surface area contributed by atoms with Crippen LogP contribution in [0.25, 0.3) is 0 Å². The number of nitro benzene ring substituents is 1. The Morgan fingerprint density at radius 1 is 0.943 bits per heavy atom. The van der Waals surface area contributed by atoms with Crippen LogP contribution in [-0.2, 0) is 9.59 Å². The lowest BCUT2D eigenvalue weighted by Crippen LogP contribution is -2.50. The molecule has 2 amide bonds. The number of amides is 2. The molecule has 0 radical (unpaired) electrons. The van der Waals surface area contributed by atoms with Crippen molar-refractivity contribution in [2.24, 2.45) is 11.0 Å². The van der Waals surface area contributed by atoms with Gasteiger partial charge in [0, 0.05) is 22.7 Å². The van der Waals surface area contributed by atoms with Gasteiger partial charge in [0.2, 0.25) is 5.91 Å². The fraction of sp³-hybridized carbons (Fsp3) is 0.192. The molecule has 180 valence electrons. The molecule has 1 atom stereocenters. The van der Waals surface area contributed by atoms with E-state index in [-0.39, 0.29) is 28.1 Å². The predicted octanol–water partition coefficient (Wildman–Crippen LogP) is 4.67. The summed E-state index contributed by atoms with van der Waals surface area (Å²) in [6.45, 7) is 3.62. The van der Waals surface area contributed by atoms with Crippen LogP contribution in [0.5, 0.6) is 0 Å². The van der Waals surface area contributed by atoms with E-state index >= 15 is 0 Å². The Morgan fingerprint density at radius 3 is 2.03 bits per heavy atom. The minimum Gasteiger partial charge on any atom is -0.343 e. The number of benzene rings is 3. The molecule has 8 nitrogen and oxygen atoms in total. The second kappa shape index (κ2) is 11.9. The highest BCUT2D eigenvalue weighted by Gasteiger charge is 2.29. The van der Waals surface area contributed by atoms with Gasteiger partial charge in [-0.05, 0) is 23.1 Å². The zero-order valence-electron chi connectivity index (χ0n) is 19.2. The number of rotatable bonds is 9. The standard InChI is InChI=1S/C26H25ClN4O4/c1-17(2)24(26(33)30-28-16-20-15-21(31(34)35)13-14-22(20)27)29-25(32)23(18-9-5-3-6-10-18)19-11-7-4-8-12-19/h3-17,23-24H,1-2H3,(H,29,32)(H,30,33)/b28-16+. The normalized spacial score (nSPS) is 12.0. The van der Waals surface area contributed by atoms with Crippen molar-refractivity contribution >= 4 is 35.3 Å². The van der Waals surface area contributed by atoms with E-state index < -0.39 is 22.8 Å². The van der Waals surface area contributed by atoms with Crippen molar-refractivity contribution in [2.75, 3.05) is 0 Å². The van der Waals surface area contributed by atoms with Crippen molar-refractivity contribution < 1.29 is 14.5 Å². The van der Waals surface area contributed by atoms with Crippen LogP contribution in [0.1, 0.15) is 36.5 Å². The molecule has 3 rings (SSSR count). The number of non-ortho nitro benzene ring substituents is 1. The van der Waals surface area contributed by atoms with Crippen molar-refractivity contribution in [3.8, 4) is 0 Å². The van der Waals surface area contributed by atoms with Crippen LogP contribution in [0.2, 0.25) is 5.02 Å². The van der Waals surface area contributed by atoms with Gasteiger partial charge < -0.3 is 5.32 Å². The van der Waals surface area contributed by atoms with Crippen LogP contribution in [0.15, 0.2) is 84.0 Å². The van der Waals surface area contributed by atoms with Gasteiger partial charge in [0.25, 0.3) is 11.6 Å². The van der Waals surface area contributed by atoms with Gasteiger partial charge in [0.15, 0.2) is 0 Å². The van der Waals surface area contributed by atoms with E-state index in [1.54, 1.807) is 0 Å². The molecule has 0 aliphatic carbocycles. The summed E-state index contributed by atoms with van der Waals surface area (Å²) >= 11 is 6.07. The molecule has 0 aliphatic heterocycles. The maximum absolute atomic E-state index is 13.4. The molecule has 1 unspecified atom stereocenters. The predicted molar refractivity (Wildman–Crippen MR) is 135 cm³/mol. The average molecular weight is 493 g/mol. The third kappa shape index (κ3) is 6.74. The lowest BCUT2D eigenvalue weighted by molar-refractivity contribution is -0.384. The molecule has 0 saturated carbocycles. The molecule has 0 fully saturated rings. The second-order valence-electron chi connectivity index (χ2n) is 8.18. The molecule has 0 bridgehead atoms. The quantitative estimate of drug-likeness (QED) is 0.256. The van der Waals surface area contributed by atoms with Gasteiger partial charge in [-0.1, -0.05) is 86.1 Å². The lowest BCUT2D eigenvalue weighted by Gasteiger charge is -2.24. The number of carbonyl (C=O) groups excluding carboxylic acids is 2. The molecule has 0 spiro atoms. The van der Waals surface area contributed by atoms with E-state index in [4.69, 9.17) is 11.6 Å². The highest BCUT2D eigenvalue weighted by atomic mass is 35.5. The maximum Gasteiger partial charge on any atom is 0.270 e. The minimum atomic E-state index is -0.866. The van der Waals surface area contributed by atoms with Gasteiger partial charge in [-0.25, -0.2) is 5.43 Å². The third-order valence-corrected chi connectivity index (χ3v) is 5.69. The molecular weight excluding hydrogens is 468 g/mol. The Kier molecular flexibility index (Phi) is 8.69. The monoisotopic (exact) mass is 492 g/mol. The van der Waals surface area contributed by atoms with Crippen molar-refractivity contribution in [1.29, 1.82) is 0 Å². The van der Waals surface area contributed by atoms with Gasteiger partial charge in [-0.3, -0.25) is 19.7 Å². The minimum absolute atomic E-state index is 0.151. The molecule has 2 N–H and O–H groups in total. The van der Waals surface area contributed by atoms with Crippen LogP contribution >= 0.6 is 11.6 Å². The maximum atomic E-state index is 13.4. The Labute approximate surface area is 208 Å². The molecule has 0 aliphatic rings. The van der Waals surface area contributed by atoms with Crippen LogP contribution < -0.4 is 10.7 Å². The van der Waals surface area contributed by atoms with E-state index in [9.17, 15) is 19.7 Å². The number of halogens is 1. The van der Waals surface area contributed by atoms with E-state index in [1.165, 1.54) is 24.4 Å². The molecular formula is C26H25ClN4O4. The number of carbonyl (C=O) groups is 2. The van der Waals surface area contributed by atoms with Gasteiger partial charge in [-0.15, -0.1) is 0 Å². The summed E-state index contributed by atoms with van der Waals surface area (Å²) in [7, 11) is 0. The molecule has 35 heavy (non-hydrogen) atoms. The first-order valence-electron chi connectivity index (χ1n) is 10.9. The number of hydrazone groups is 1. The summed E-state index contributed by atoms with van der Waals surface area (Å²) in [5.41, 5.74) is 4.13. The van der Waals surface area contributed by atoms with Gasteiger partial charge in [0.05, 0.1) is 17.1 Å². The smallest absolute Gasteiger partial charge is 0.270 e. The molecule has 9 heteroatoms. The highest BCUT2D eigenvalue weighted by molar-refractivity contribution is 6.33. The van der Waals surface area contributed by atoms with Crippen molar-refractivity contribution in [3.05, 3.63) is 111 Å². The van der Waals surface area contributed by atoms with Crippen LogP contribution in [0.4, 0.5) is 5.69 Å². The van der Waals surface area contributed by atoms with Crippen molar-refractivity contribution in [3.63, 3.8) is 0 Å². The molecule has 0 heterocycles. The average Bonchev–Trinajstić information content (AvgIpc) is 2.84. The Morgan fingerprint density at radius 2 is 1.51 bits per heavy atom. The Balaban J connectivity index is 1.77. The third-order valence-electron chi connectivity index (χ3n) is 5.34. The number of nitro groups is 1. The largest absolute Gasteiger partial charge is 0.343 e. The first-order chi connectivity index (χ1) is 16.8. The molecule has 0 aromatic heterocycles. The zero-order valence-corrected chi connectivity index (χ0v) is 20.0. The van der Waals surface area contributed by atoms with Crippen molar-refractivity contribution in [1.82, 2.24) is 10.7 Å². The summed E-state index contributed by atoms with van der Waals surface area (Å²) in [4.78, 5) is 36.7. The fourth-order valence-corrected chi connectivity index (χ4v) is 3.70.